The van der Waals surface area contributed by atoms with Gasteiger partial charge in [0.1, 0.15) is 0 Å². The number of thiophene rings is 1. The highest BCUT2D eigenvalue weighted by atomic mass is 79.9. The Bertz CT molecular complexity index is 268. The van der Waals surface area contributed by atoms with Gasteiger partial charge in [0.15, 0.2) is 0 Å². The molecule has 0 radical (unpaired) electrons. The first-order chi connectivity index (χ1) is 7.33. The molecule has 0 bridgehead atoms. The zero-order valence-corrected chi connectivity index (χ0v) is 11.8. The molecule has 1 aromatic rings. The molecule has 0 aliphatic rings. The van der Waals surface area contributed by atoms with Crippen molar-refractivity contribution < 1.29 is 5.11 Å². The Morgan fingerprint density at radius 2 is 2.33 bits per heavy atom. The summed E-state index contributed by atoms with van der Waals surface area (Å²) < 4.78 is 1.17. The van der Waals surface area contributed by atoms with Crippen LogP contribution in [0, 0.1) is 0 Å². The molecule has 0 saturated heterocycles. The maximum Gasteiger partial charge on any atom is 0.0438 e. The summed E-state index contributed by atoms with van der Waals surface area (Å²) in [6, 6.07) is 2.15. The van der Waals surface area contributed by atoms with Gasteiger partial charge >= 0.3 is 0 Å². The van der Waals surface area contributed by atoms with E-state index in [-0.39, 0.29) is 0 Å². The lowest BCUT2D eigenvalue weighted by Gasteiger charge is -2.02. The van der Waals surface area contributed by atoms with E-state index >= 15 is 0 Å². The normalized spacial score (nSPS) is 10.8. The maximum absolute atomic E-state index is 8.59. The molecule has 1 rings (SSSR count). The molecule has 5 heteroatoms. The van der Waals surface area contributed by atoms with Gasteiger partial charge < -0.3 is 10.4 Å². The second-order valence-corrected chi connectivity index (χ2v) is 6.23. The van der Waals surface area contributed by atoms with E-state index in [0.29, 0.717) is 6.61 Å². The van der Waals surface area contributed by atoms with Gasteiger partial charge in [-0.15, -0.1) is 11.3 Å². The Labute approximate surface area is 108 Å². The fourth-order valence-corrected chi connectivity index (χ4v) is 3.32. The van der Waals surface area contributed by atoms with Gasteiger partial charge in [-0.2, -0.15) is 11.8 Å². The monoisotopic (exact) mass is 309 g/mol. The van der Waals surface area contributed by atoms with Crippen molar-refractivity contribution in [1.82, 2.24) is 5.32 Å². The Balaban J connectivity index is 1.93. The van der Waals surface area contributed by atoms with Crippen LogP contribution >= 0.6 is 39.0 Å². The highest BCUT2D eigenvalue weighted by molar-refractivity contribution is 9.10. The second-order valence-electron chi connectivity index (χ2n) is 3.10. The van der Waals surface area contributed by atoms with Crippen molar-refractivity contribution in [3.05, 3.63) is 20.8 Å². The number of nitrogens with one attached hydrogen (secondary N) is 1. The highest BCUT2D eigenvalue weighted by Crippen LogP contribution is 2.19. The van der Waals surface area contributed by atoms with E-state index in [1.807, 2.05) is 11.8 Å². The minimum atomic E-state index is 0.309. The van der Waals surface area contributed by atoms with Gasteiger partial charge in [-0.25, -0.2) is 0 Å². The molecule has 86 valence electrons. The van der Waals surface area contributed by atoms with Gasteiger partial charge in [-0.1, -0.05) is 0 Å². The zero-order chi connectivity index (χ0) is 10.9. The van der Waals surface area contributed by atoms with Crippen LogP contribution in [0.3, 0.4) is 0 Å². The summed E-state index contributed by atoms with van der Waals surface area (Å²) in [5.74, 6) is 2.18. The number of halogens is 1. The van der Waals surface area contributed by atoms with Crippen LogP contribution in [-0.2, 0) is 6.54 Å². The molecule has 1 heterocycles. The summed E-state index contributed by atoms with van der Waals surface area (Å²) in [6.45, 7) is 2.30. The predicted octanol–water partition coefficient (Wildman–Crippen LogP) is 2.72. The van der Waals surface area contributed by atoms with Gasteiger partial charge in [-0.3, -0.25) is 0 Å². The minimum Gasteiger partial charge on any atom is -0.396 e. The number of hydrogen-bond donors (Lipinski definition) is 2. The minimum absolute atomic E-state index is 0.309. The number of aliphatic hydroxyl groups is 1. The van der Waals surface area contributed by atoms with Crippen molar-refractivity contribution in [3.63, 3.8) is 0 Å². The van der Waals surface area contributed by atoms with Crippen molar-refractivity contribution in [2.24, 2.45) is 0 Å². The van der Waals surface area contributed by atoms with Crippen LogP contribution in [0.5, 0.6) is 0 Å². The molecule has 0 fully saturated rings. The summed E-state index contributed by atoms with van der Waals surface area (Å²) in [5, 5.41) is 14.1. The summed E-state index contributed by atoms with van der Waals surface area (Å²) in [7, 11) is 0. The first-order valence-corrected chi connectivity index (χ1v) is 7.78. The molecule has 15 heavy (non-hydrogen) atoms. The molecular formula is C10H16BrNOS2. The van der Waals surface area contributed by atoms with Crippen LogP contribution in [0.4, 0.5) is 0 Å². The van der Waals surface area contributed by atoms with Crippen molar-refractivity contribution in [3.8, 4) is 0 Å². The lowest BCUT2D eigenvalue weighted by Crippen LogP contribution is -2.15. The number of aliphatic hydroxyl groups excluding tert-OH is 1. The molecule has 1 aromatic heterocycles. The van der Waals surface area contributed by atoms with Crippen LogP contribution in [0.15, 0.2) is 15.9 Å². The van der Waals surface area contributed by atoms with Gasteiger partial charge in [-0.05, 0) is 34.2 Å². The third-order valence-corrected chi connectivity index (χ3v) is 4.56. The van der Waals surface area contributed by atoms with Crippen molar-refractivity contribution in [2.45, 2.75) is 13.0 Å². The molecule has 0 aliphatic carbocycles. The summed E-state index contributed by atoms with van der Waals surface area (Å²) in [5.41, 5.74) is 0. The molecular weight excluding hydrogens is 294 g/mol. The summed E-state index contributed by atoms with van der Waals surface area (Å²) >= 11 is 7.10. The van der Waals surface area contributed by atoms with Crippen LogP contribution in [-0.4, -0.2) is 29.8 Å². The largest absolute Gasteiger partial charge is 0.396 e. The van der Waals surface area contributed by atoms with E-state index in [1.165, 1.54) is 9.35 Å². The highest BCUT2D eigenvalue weighted by Gasteiger charge is 1.96. The number of hydrogen-bond acceptors (Lipinski definition) is 4. The average Bonchev–Trinajstić information content (AvgIpc) is 2.63. The van der Waals surface area contributed by atoms with Gasteiger partial charge in [0.25, 0.3) is 0 Å². The molecule has 0 spiro atoms. The zero-order valence-electron chi connectivity index (χ0n) is 8.54. The first-order valence-electron chi connectivity index (χ1n) is 4.95. The van der Waals surface area contributed by atoms with Crippen molar-refractivity contribution >= 4 is 39.0 Å². The molecule has 0 aliphatic heterocycles. The fourth-order valence-electron chi connectivity index (χ4n) is 1.07. The Hall–Kier alpha value is 0.450. The molecule has 2 N–H and O–H groups in total. The molecule has 2 nitrogen and oxygen atoms in total. The van der Waals surface area contributed by atoms with Gasteiger partial charge in [0.2, 0.25) is 0 Å². The summed E-state index contributed by atoms with van der Waals surface area (Å²) in [4.78, 5) is 1.36. The second kappa shape index (κ2) is 8.58. The Morgan fingerprint density at radius 3 is 3.00 bits per heavy atom. The van der Waals surface area contributed by atoms with Crippen molar-refractivity contribution in [2.75, 3.05) is 24.7 Å². The van der Waals surface area contributed by atoms with Crippen molar-refractivity contribution in [1.29, 1.82) is 0 Å². The smallest absolute Gasteiger partial charge is 0.0438 e. The lowest BCUT2D eigenvalue weighted by molar-refractivity contribution is 0.296. The number of rotatable bonds is 8. The standard InChI is InChI=1S/C10H16BrNOS2/c11-9-6-10(15-8-9)7-12-2-5-14-4-1-3-13/h6,8,12-13H,1-5,7H2. The quantitative estimate of drug-likeness (QED) is 0.724. The first kappa shape index (κ1) is 13.5. The van der Waals surface area contributed by atoms with E-state index in [4.69, 9.17) is 5.11 Å². The fraction of sp³-hybridized carbons (Fsp3) is 0.600. The Kier molecular flexibility index (Phi) is 7.73. The van der Waals surface area contributed by atoms with Crippen LogP contribution in [0.2, 0.25) is 0 Å². The summed E-state index contributed by atoms with van der Waals surface area (Å²) in [6.07, 6.45) is 0.905. The van der Waals surface area contributed by atoms with Crippen LogP contribution < -0.4 is 5.32 Å². The third kappa shape index (κ3) is 6.58. The van der Waals surface area contributed by atoms with Gasteiger partial charge in [0.05, 0.1) is 0 Å². The predicted molar refractivity (Wildman–Crippen MR) is 72.8 cm³/mol. The molecule has 0 unspecified atom stereocenters. The SMILES string of the molecule is OCCCSCCNCc1cc(Br)cs1. The van der Waals surface area contributed by atoms with Crippen LogP contribution in [0.25, 0.3) is 0 Å². The molecule has 0 atom stereocenters. The molecule has 0 amide bonds. The maximum atomic E-state index is 8.59. The number of thioether (sulfide) groups is 1. The average molecular weight is 310 g/mol. The lowest BCUT2D eigenvalue weighted by atomic mass is 10.4. The van der Waals surface area contributed by atoms with E-state index in [9.17, 15) is 0 Å². The third-order valence-electron chi connectivity index (χ3n) is 1.79. The van der Waals surface area contributed by atoms with E-state index in [2.05, 4.69) is 32.7 Å². The van der Waals surface area contributed by atoms with Gasteiger partial charge in [0, 0.05) is 40.2 Å². The molecule has 0 saturated carbocycles. The van der Waals surface area contributed by atoms with E-state index in [1.54, 1.807) is 11.3 Å². The van der Waals surface area contributed by atoms with Crippen LogP contribution in [0.1, 0.15) is 11.3 Å². The molecule has 0 aromatic carbocycles. The topological polar surface area (TPSA) is 32.3 Å². The Morgan fingerprint density at radius 1 is 1.47 bits per heavy atom. The van der Waals surface area contributed by atoms with E-state index in [0.717, 1.165) is 31.0 Å². The van der Waals surface area contributed by atoms with E-state index < -0.39 is 0 Å².